The number of rotatable bonds is 8. The summed E-state index contributed by atoms with van der Waals surface area (Å²) in [6, 6.07) is 0. The van der Waals surface area contributed by atoms with Crippen LogP contribution in [0.15, 0.2) is 0 Å². The molecule has 0 unspecified atom stereocenters. The van der Waals surface area contributed by atoms with Gasteiger partial charge in [0.1, 0.15) is 0 Å². The summed E-state index contributed by atoms with van der Waals surface area (Å²) in [6.07, 6.45) is 7.63. The maximum absolute atomic E-state index is 9.93. The maximum Gasteiger partial charge on any atom is 0.199 e. The van der Waals surface area contributed by atoms with E-state index in [0.29, 0.717) is 6.42 Å². The van der Waals surface area contributed by atoms with Gasteiger partial charge in [0.25, 0.3) is 0 Å². The monoisotopic (exact) mass is 170 g/mol. The number of carbonyl (C=O) groups excluding carboxylic acids is 1. The lowest BCUT2D eigenvalue weighted by Crippen LogP contribution is -2.21. The van der Waals surface area contributed by atoms with Gasteiger partial charge in [0.15, 0.2) is 6.29 Å². The van der Waals surface area contributed by atoms with Gasteiger partial charge in [0, 0.05) is 13.0 Å². The van der Waals surface area contributed by atoms with Crippen LogP contribution in [0.3, 0.4) is 0 Å². The van der Waals surface area contributed by atoms with Crippen LogP contribution in [-0.2, 0) is 4.79 Å². The minimum atomic E-state index is 0.546. The Balaban J connectivity index is 3.07. The quantitative estimate of drug-likeness (QED) is 0.519. The lowest BCUT2D eigenvalue weighted by Gasteiger charge is -2.13. The maximum atomic E-state index is 9.93. The summed E-state index contributed by atoms with van der Waals surface area (Å²) in [5, 5.41) is 0. The van der Waals surface area contributed by atoms with Crippen molar-refractivity contribution in [1.82, 2.24) is 4.90 Å². The average Bonchev–Trinajstić information content (AvgIpc) is 2.09. The molecular weight excluding hydrogens is 150 g/mol. The molecule has 0 atom stereocenters. The fourth-order valence-electron chi connectivity index (χ4n) is 1.16. The second-order valence-electron chi connectivity index (χ2n) is 3.26. The Labute approximate surface area is 75.9 Å². The third kappa shape index (κ3) is 7.73. The second kappa shape index (κ2) is 8.72. The van der Waals surface area contributed by atoms with E-state index in [9.17, 15) is 4.79 Å². The Morgan fingerprint density at radius 1 is 1.17 bits per heavy atom. The van der Waals surface area contributed by atoms with Crippen molar-refractivity contribution < 1.29 is 4.79 Å². The lowest BCUT2D eigenvalue weighted by atomic mass is 10.2. The molecule has 1 radical (unpaired) electrons. The molecule has 71 valence electrons. The van der Waals surface area contributed by atoms with E-state index in [-0.39, 0.29) is 0 Å². The zero-order valence-corrected chi connectivity index (χ0v) is 8.31. The topological polar surface area (TPSA) is 20.3 Å². The Bertz CT molecular complexity index is 104. The van der Waals surface area contributed by atoms with Crippen LogP contribution < -0.4 is 0 Å². The van der Waals surface area contributed by atoms with Gasteiger partial charge in [-0.25, -0.2) is 0 Å². The van der Waals surface area contributed by atoms with Crippen LogP contribution in [0.25, 0.3) is 0 Å². The van der Waals surface area contributed by atoms with Crippen LogP contribution in [0.4, 0.5) is 0 Å². The summed E-state index contributed by atoms with van der Waals surface area (Å²) in [4.78, 5) is 12.1. The standard InChI is InChI=1S/C10H20NO/c1-3-4-5-6-8-11(2)9-7-10-12/h3-9H2,1-2H3. The molecule has 12 heavy (non-hydrogen) atoms. The fourth-order valence-corrected chi connectivity index (χ4v) is 1.16. The zero-order chi connectivity index (χ0) is 9.23. The highest BCUT2D eigenvalue weighted by atomic mass is 16.1. The van der Waals surface area contributed by atoms with Gasteiger partial charge in [-0.15, -0.1) is 0 Å². The van der Waals surface area contributed by atoms with Gasteiger partial charge in [0.05, 0.1) is 0 Å². The summed E-state index contributed by atoms with van der Waals surface area (Å²) in [5.41, 5.74) is 0. The van der Waals surface area contributed by atoms with Crippen molar-refractivity contribution in [1.29, 1.82) is 0 Å². The van der Waals surface area contributed by atoms with Crippen LogP contribution >= 0.6 is 0 Å². The van der Waals surface area contributed by atoms with Crippen molar-refractivity contribution in [3.63, 3.8) is 0 Å². The van der Waals surface area contributed by atoms with Crippen LogP contribution in [0, 0.1) is 0 Å². The summed E-state index contributed by atoms with van der Waals surface area (Å²) in [5.74, 6) is 0. The van der Waals surface area contributed by atoms with Crippen LogP contribution in [0.1, 0.15) is 39.0 Å². The van der Waals surface area contributed by atoms with Gasteiger partial charge < -0.3 is 4.90 Å². The fraction of sp³-hybridized carbons (Fsp3) is 0.900. The normalized spacial score (nSPS) is 10.6. The number of hydrogen-bond acceptors (Lipinski definition) is 2. The molecule has 0 aromatic heterocycles. The predicted octanol–water partition coefficient (Wildman–Crippen LogP) is 2.00. The van der Waals surface area contributed by atoms with Crippen molar-refractivity contribution in [2.75, 3.05) is 20.1 Å². The summed E-state index contributed by atoms with van der Waals surface area (Å²) in [7, 11) is 2.06. The van der Waals surface area contributed by atoms with Crippen molar-refractivity contribution in [2.45, 2.75) is 39.0 Å². The molecule has 0 fully saturated rings. The third-order valence-corrected chi connectivity index (χ3v) is 1.99. The van der Waals surface area contributed by atoms with Gasteiger partial charge >= 0.3 is 0 Å². The van der Waals surface area contributed by atoms with Crippen LogP contribution in [0.2, 0.25) is 0 Å². The number of hydrogen-bond donors (Lipinski definition) is 0. The van der Waals surface area contributed by atoms with Gasteiger partial charge in [-0.2, -0.15) is 0 Å². The molecular formula is C10H20NO. The summed E-state index contributed by atoms with van der Waals surface area (Å²) < 4.78 is 0. The van der Waals surface area contributed by atoms with Gasteiger partial charge in [0.2, 0.25) is 0 Å². The van der Waals surface area contributed by atoms with Crippen molar-refractivity contribution >= 4 is 6.29 Å². The van der Waals surface area contributed by atoms with Gasteiger partial charge in [-0.3, -0.25) is 4.79 Å². The van der Waals surface area contributed by atoms with E-state index in [0.717, 1.165) is 13.1 Å². The SMILES string of the molecule is CCCCCCN(C)CC[C]=O. The molecule has 0 aromatic carbocycles. The highest BCUT2D eigenvalue weighted by Crippen LogP contribution is 1.99. The Morgan fingerprint density at radius 3 is 2.50 bits per heavy atom. The summed E-state index contributed by atoms with van der Waals surface area (Å²) in [6.45, 7) is 4.18. The second-order valence-corrected chi connectivity index (χ2v) is 3.26. The predicted molar refractivity (Wildman–Crippen MR) is 51.9 cm³/mol. The van der Waals surface area contributed by atoms with E-state index >= 15 is 0 Å². The Morgan fingerprint density at radius 2 is 1.92 bits per heavy atom. The molecule has 2 nitrogen and oxygen atoms in total. The third-order valence-electron chi connectivity index (χ3n) is 1.99. The molecule has 0 amide bonds. The first-order valence-corrected chi connectivity index (χ1v) is 4.84. The molecule has 0 spiro atoms. The molecule has 0 aliphatic rings. The Kier molecular flexibility index (Phi) is 8.46. The lowest BCUT2D eigenvalue weighted by molar-refractivity contribution is 0.331. The van der Waals surface area contributed by atoms with Crippen LogP contribution in [-0.4, -0.2) is 31.3 Å². The first kappa shape index (κ1) is 11.6. The Hall–Kier alpha value is -0.370. The number of unbranched alkanes of at least 4 members (excludes halogenated alkanes) is 3. The zero-order valence-electron chi connectivity index (χ0n) is 8.31. The largest absolute Gasteiger partial charge is 0.306 e. The van der Waals surface area contributed by atoms with E-state index < -0.39 is 0 Å². The molecule has 0 rings (SSSR count). The average molecular weight is 170 g/mol. The van der Waals surface area contributed by atoms with Crippen molar-refractivity contribution in [3.05, 3.63) is 0 Å². The molecule has 0 N–H and O–H groups in total. The minimum Gasteiger partial charge on any atom is -0.306 e. The van der Waals surface area contributed by atoms with E-state index in [2.05, 4.69) is 18.9 Å². The molecule has 0 bridgehead atoms. The smallest absolute Gasteiger partial charge is 0.199 e. The number of nitrogens with zero attached hydrogens (tertiary/aromatic N) is 1. The van der Waals surface area contributed by atoms with Gasteiger partial charge in [-0.1, -0.05) is 26.2 Å². The first-order chi connectivity index (χ1) is 5.81. The first-order valence-electron chi connectivity index (χ1n) is 4.84. The van der Waals surface area contributed by atoms with E-state index in [4.69, 9.17) is 0 Å². The molecule has 0 aliphatic heterocycles. The highest BCUT2D eigenvalue weighted by molar-refractivity contribution is 5.50. The van der Waals surface area contributed by atoms with Crippen molar-refractivity contribution in [3.8, 4) is 0 Å². The molecule has 0 aliphatic carbocycles. The molecule has 0 heterocycles. The van der Waals surface area contributed by atoms with E-state index in [1.807, 2.05) is 6.29 Å². The summed E-state index contributed by atoms with van der Waals surface area (Å²) >= 11 is 0. The molecule has 0 aromatic rings. The van der Waals surface area contributed by atoms with Crippen LogP contribution in [0.5, 0.6) is 0 Å². The van der Waals surface area contributed by atoms with E-state index in [1.54, 1.807) is 0 Å². The highest BCUT2D eigenvalue weighted by Gasteiger charge is 1.96. The minimum absolute atomic E-state index is 0.546. The van der Waals surface area contributed by atoms with Crippen molar-refractivity contribution in [2.24, 2.45) is 0 Å². The van der Waals surface area contributed by atoms with Gasteiger partial charge in [-0.05, 0) is 20.0 Å². The molecule has 2 heteroatoms. The molecule has 0 saturated carbocycles. The van der Waals surface area contributed by atoms with E-state index in [1.165, 1.54) is 25.7 Å². The molecule has 0 saturated heterocycles.